The summed E-state index contributed by atoms with van der Waals surface area (Å²) in [5, 5.41) is 16.2. The maximum absolute atomic E-state index is 11.9. The molecule has 0 aliphatic carbocycles. The van der Waals surface area contributed by atoms with E-state index in [1.165, 1.54) is 0 Å². The minimum Gasteiger partial charge on any atom is -0.493 e. The predicted octanol–water partition coefficient (Wildman–Crippen LogP) is 2.31. The van der Waals surface area contributed by atoms with Gasteiger partial charge < -0.3 is 39.4 Å². The number of aliphatic hydroxyl groups is 1. The van der Waals surface area contributed by atoms with Gasteiger partial charge in [-0.15, -0.1) is 0 Å². The molecule has 190 valence electrons. The lowest BCUT2D eigenvalue weighted by Crippen LogP contribution is -2.34. The first kappa shape index (κ1) is 26.1. The van der Waals surface area contributed by atoms with Gasteiger partial charge in [-0.2, -0.15) is 0 Å². The first-order valence-electron chi connectivity index (χ1n) is 11.5. The van der Waals surface area contributed by atoms with Crippen LogP contribution in [-0.4, -0.2) is 63.6 Å². The molecule has 10 heteroatoms. The second-order valence-electron chi connectivity index (χ2n) is 7.83. The molecular weight excluding hydrogens is 456 g/mol. The summed E-state index contributed by atoms with van der Waals surface area (Å²) in [7, 11) is 3.14. The minimum atomic E-state index is -0.762. The van der Waals surface area contributed by atoms with E-state index in [-0.39, 0.29) is 18.9 Å². The van der Waals surface area contributed by atoms with Gasteiger partial charge in [-0.3, -0.25) is 9.59 Å². The number of benzene rings is 2. The first-order chi connectivity index (χ1) is 16.9. The molecule has 0 fully saturated rings. The molecule has 1 heterocycles. The van der Waals surface area contributed by atoms with Crippen molar-refractivity contribution in [1.29, 1.82) is 0 Å². The number of amides is 1. The van der Waals surface area contributed by atoms with E-state index in [1.54, 1.807) is 51.5 Å². The number of carbonyl (C=O) groups excluding carboxylic acids is 2. The number of methoxy groups -OCH3 is 2. The molecule has 3 rings (SSSR count). The topological polar surface area (TPSA) is 125 Å². The van der Waals surface area contributed by atoms with E-state index in [0.717, 1.165) is 5.56 Å². The van der Waals surface area contributed by atoms with Crippen LogP contribution in [-0.2, 0) is 16.0 Å². The van der Waals surface area contributed by atoms with Gasteiger partial charge in [-0.1, -0.05) is 6.92 Å². The fourth-order valence-corrected chi connectivity index (χ4v) is 3.51. The van der Waals surface area contributed by atoms with Gasteiger partial charge in [0.15, 0.2) is 17.2 Å². The summed E-state index contributed by atoms with van der Waals surface area (Å²) < 4.78 is 27.3. The van der Waals surface area contributed by atoms with E-state index in [0.29, 0.717) is 67.0 Å². The van der Waals surface area contributed by atoms with E-state index in [4.69, 9.17) is 23.7 Å². The zero-order valence-corrected chi connectivity index (χ0v) is 20.2. The molecular formula is C25H32N2O8. The molecule has 0 saturated heterocycles. The Morgan fingerprint density at radius 3 is 2.54 bits per heavy atom. The third-order valence-electron chi connectivity index (χ3n) is 5.32. The van der Waals surface area contributed by atoms with Crippen LogP contribution in [0.4, 0.5) is 5.69 Å². The van der Waals surface area contributed by atoms with Crippen LogP contribution >= 0.6 is 0 Å². The molecule has 1 aliphatic rings. The second kappa shape index (κ2) is 12.8. The smallest absolute Gasteiger partial charge is 0.310 e. The minimum absolute atomic E-state index is 0.0536. The summed E-state index contributed by atoms with van der Waals surface area (Å²) in [6.45, 7) is 2.97. The first-order valence-corrected chi connectivity index (χ1v) is 11.5. The Morgan fingerprint density at radius 2 is 1.80 bits per heavy atom. The van der Waals surface area contributed by atoms with Crippen LogP contribution in [0.3, 0.4) is 0 Å². The Bertz CT molecular complexity index is 1030. The number of hydrogen-bond donors (Lipinski definition) is 3. The van der Waals surface area contributed by atoms with Crippen molar-refractivity contribution in [3.63, 3.8) is 0 Å². The lowest BCUT2D eigenvalue weighted by atomic mass is 10.0. The van der Waals surface area contributed by atoms with Crippen molar-refractivity contribution in [2.45, 2.75) is 32.3 Å². The van der Waals surface area contributed by atoms with Crippen LogP contribution in [0.15, 0.2) is 30.3 Å². The molecule has 0 bridgehead atoms. The molecule has 0 radical (unpaired) electrons. The van der Waals surface area contributed by atoms with E-state index in [2.05, 4.69) is 10.6 Å². The molecule has 1 atom stereocenters. The Kier molecular flexibility index (Phi) is 9.56. The van der Waals surface area contributed by atoms with Crippen LogP contribution in [0.25, 0.3) is 0 Å². The van der Waals surface area contributed by atoms with Gasteiger partial charge in [0.1, 0.15) is 30.8 Å². The molecule has 1 amide bonds. The SMILES string of the molecule is CCC(=O)Oc1ccc(OCC(O)CNCCOc2ccc(OC)c(OC)c2)c2c1NC(=O)CC2. The number of carbonyl (C=O) groups is 2. The lowest BCUT2D eigenvalue weighted by Gasteiger charge is -2.23. The average Bonchev–Trinajstić information content (AvgIpc) is 2.87. The van der Waals surface area contributed by atoms with Crippen LogP contribution in [0.2, 0.25) is 0 Å². The number of nitrogens with one attached hydrogen (secondary N) is 2. The molecule has 2 aromatic rings. The Hall–Kier alpha value is -3.50. The molecule has 1 unspecified atom stereocenters. The van der Waals surface area contributed by atoms with E-state index < -0.39 is 12.1 Å². The van der Waals surface area contributed by atoms with Crippen molar-refractivity contribution >= 4 is 17.6 Å². The number of esters is 1. The Balaban J connectivity index is 1.46. The monoisotopic (exact) mass is 488 g/mol. The molecule has 2 aromatic carbocycles. The molecule has 0 aromatic heterocycles. The number of hydrogen-bond acceptors (Lipinski definition) is 9. The Morgan fingerprint density at radius 1 is 1.06 bits per heavy atom. The summed E-state index contributed by atoms with van der Waals surface area (Å²) >= 11 is 0. The van der Waals surface area contributed by atoms with Gasteiger partial charge in [0.2, 0.25) is 5.91 Å². The normalized spacial score (nSPS) is 13.3. The summed E-state index contributed by atoms with van der Waals surface area (Å²) in [6, 6.07) is 8.59. The van der Waals surface area contributed by atoms with Crippen molar-refractivity contribution in [2.24, 2.45) is 0 Å². The summed E-state index contributed by atoms with van der Waals surface area (Å²) in [4.78, 5) is 23.6. The Labute approximate surface area is 204 Å². The lowest BCUT2D eigenvalue weighted by molar-refractivity contribution is -0.134. The summed E-state index contributed by atoms with van der Waals surface area (Å²) in [5.41, 5.74) is 1.19. The highest BCUT2D eigenvalue weighted by Gasteiger charge is 2.24. The quantitative estimate of drug-likeness (QED) is 0.221. The highest BCUT2D eigenvalue weighted by atomic mass is 16.5. The van der Waals surface area contributed by atoms with Gasteiger partial charge in [0.25, 0.3) is 0 Å². The maximum atomic E-state index is 11.9. The van der Waals surface area contributed by atoms with Gasteiger partial charge >= 0.3 is 5.97 Å². The number of aliphatic hydroxyl groups excluding tert-OH is 1. The van der Waals surface area contributed by atoms with Crippen LogP contribution in [0.5, 0.6) is 28.7 Å². The van der Waals surface area contributed by atoms with E-state index in [1.807, 2.05) is 0 Å². The van der Waals surface area contributed by atoms with Crippen LogP contribution in [0.1, 0.15) is 25.3 Å². The average molecular weight is 489 g/mol. The predicted molar refractivity (Wildman–Crippen MR) is 129 cm³/mol. The molecule has 3 N–H and O–H groups in total. The molecule has 0 spiro atoms. The van der Waals surface area contributed by atoms with Crippen molar-refractivity contribution < 1.29 is 38.4 Å². The van der Waals surface area contributed by atoms with Gasteiger partial charge in [-0.25, -0.2) is 0 Å². The van der Waals surface area contributed by atoms with E-state index in [9.17, 15) is 14.7 Å². The van der Waals surface area contributed by atoms with E-state index >= 15 is 0 Å². The van der Waals surface area contributed by atoms with Crippen molar-refractivity contribution in [2.75, 3.05) is 45.8 Å². The largest absolute Gasteiger partial charge is 0.493 e. The highest BCUT2D eigenvalue weighted by Crippen LogP contribution is 2.39. The number of ether oxygens (including phenoxy) is 5. The fourth-order valence-electron chi connectivity index (χ4n) is 3.51. The third kappa shape index (κ3) is 7.24. The second-order valence-corrected chi connectivity index (χ2v) is 7.83. The van der Waals surface area contributed by atoms with Crippen molar-refractivity contribution in [3.05, 3.63) is 35.9 Å². The third-order valence-corrected chi connectivity index (χ3v) is 5.32. The van der Waals surface area contributed by atoms with Crippen LogP contribution in [0, 0.1) is 0 Å². The number of rotatable bonds is 13. The van der Waals surface area contributed by atoms with Gasteiger partial charge in [0.05, 0.1) is 19.9 Å². The maximum Gasteiger partial charge on any atom is 0.310 e. The molecule has 35 heavy (non-hydrogen) atoms. The standard InChI is InChI=1S/C25H32N2O8/c1-4-24(30)35-21-9-8-19(18-6-10-23(29)27-25(18)21)34-15-16(28)14-26-11-12-33-17-5-7-20(31-2)22(13-17)32-3/h5,7-9,13,16,26,28H,4,6,10-12,14-15H2,1-3H3,(H,27,29). The van der Waals surface area contributed by atoms with Gasteiger partial charge in [0, 0.05) is 37.6 Å². The van der Waals surface area contributed by atoms with Crippen molar-refractivity contribution in [3.8, 4) is 28.7 Å². The van der Waals surface area contributed by atoms with Crippen molar-refractivity contribution in [1.82, 2.24) is 5.32 Å². The zero-order chi connectivity index (χ0) is 25.2. The molecule has 0 saturated carbocycles. The number of fused-ring (bicyclic) bond motifs is 1. The fraction of sp³-hybridized carbons (Fsp3) is 0.440. The molecule has 10 nitrogen and oxygen atoms in total. The van der Waals surface area contributed by atoms with Gasteiger partial charge in [-0.05, 0) is 30.7 Å². The zero-order valence-electron chi connectivity index (χ0n) is 20.2. The summed E-state index contributed by atoms with van der Waals surface area (Å²) in [6.07, 6.45) is 0.219. The molecule has 1 aliphatic heterocycles. The number of anilines is 1. The highest BCUT2D eigenvalue weighted by molar-refractivity contribution is 5.97. The van der Waals surface area contributed by atoms with Crippen LogP contribution < -0.4 is 34.3 Å². The summed E-state index contributed by atoms with van der Waals surface area (Å²) in [5.74, 6) is 2.15.